The average Bonchev–Trinajstić information content (AvgIpc) is 3.50. The van der Waals surface area contributed by atoms with Gasteiger partial charge >= 0.3 is 0 Å². The largest absolute Gasteiger partial charge is 0.309 e. The molecule has 1 nitrogen and oxygen atoms in total. The van der Waals surface area contributed by atoms with Crippen LogP contribution in [0.25, 0.3) is 82.4 Å². The highest BCUT2D eigenvalue weighted by atomic mass is 15.0. The van der Waals surface area contributed by atoms with E-state index in [9.17, 15) is 0 Å². The Bertz CT molecular complexity index is 2980. The van der Waals surface area contributed by atoms with Gasteiger partial charge < -0.3 is 4.57 Å². The molecule has 1 heterocycles. The second-order valence-electron chi connectivity index (χ2n) is 14.1. The highest BCUT2D eigenvalue weighted by Crippen LogP contribution is 2.49. The van der Waals surface area contributed by atoms with E-state index in [4.69, 9.17) is 0 Å². The fourth-order valence-electron chi connectivity index (χ4n) is 8.88. The lowest BCUT2D eigenvalue weighted by molar-refractivity contribution is 0.975. The van der Waals surface area contributed by atoms with Crippen LogP contribution in [0.4, 0.5) is 0 Å². The average molecular weight is 660 g/mol. The van der Waals surface area contributed by atoms with E-state index in [1.54, 1.807) is 0 Å². The summed E-state index contributed by atoms with van der Waals surface area (Å²) >= 11 is 0. The summed E-state index contributed by atoms with van der Waals surface area (Å²) in [6.45, 7) is 0. The quantitative estimate of drug-likeness (QED) is 0.162. The molecule has 0 aliphatic heterocycles. The summed E-state index contributed by atoms with van der Waals surface area (Å²) < 4.78 is 2.47. The number of fused-ring (bicyclic) bond motifs is 4. The molecule has 0 radical (unpaired) electrons. The Morgan fingerprint density at radius 1 is 0.308 bits per heavy atom. The van der Waals surface area contributed by atoms with E-state index >= 15 is 0 Å². The minimum absolute atomic E-state index is 0.110. The van der Waals surface area contributed by atoms with Crippen molar-refractivity contribution >= 4 is 43.4 Å². The van der Waals surface area contributed by atoms with Gasteiger partial charge in [-0.1, -0.05) is 164 Å². The van der Waals surface area contributed by atoms with E-state index in [1.807, 2.05) is 0 Å². The van der Waals surface area contributed by atoms with Gasteiger partial charge in [-0.15, -0.1) is 0 Å². The van der Waals surface area contributed by atoms with Gasteiger partial charge in [0.15, 0.2) is 0 Å². The maximum atomic E-state index is 2.47. The number of aromatic nitrogens is 1. The van der Waals surface area contributed by atoms with Gasteiger partial charge in [0.05, 0.1) is 11.0 Å². The summed E-state index contributed by atoms with van der Waals surface area (Å²) in [5.74, 6) is 0.110. The van der Waals surface area contributed by atoms with Crippen LogP contribution in [0.15, 0.2) is 194 Å². The van der Waals surface area contributed by atoms with Crippen molar-refractivity contribution in [3.63, 3.8) is 0 Å². The van der Waals surface area contributed by atoms with E-state index < -0.39 is 0 Å². The second-order valence-corrected chi connectivity index (χ2v) is 14.1. The Morgan fingerprint density at radius 3 is 1.62 bits per heavy atom. The Kier molecular flexibility index (Phi) is 6.38. The van der Waals surface area contributed by atoms with Crippen molar-refractivity contribution in [1.29, 1.82) is 0 Å². The molecular formula is C51H33N. The lowest BCUT2D eigenvalue weighted by Gasteiger charge is -2.20. The Hall–Kier alpha value is -6.70. The molecule has 0 amide bonds. The summed E-state index contributed by atoms with van der Waals surface area (Å²) in [7, 11) is 0. The monoisotopic (exact) mass is 659 g/mol. The first-order chi connectivity index (χ1) is 25.8. The SMILES string of the molecule is c1ccc(C(c2ccc(-c3ccc4ccccc4c3)cc2)c2ccc(-n3c4cccc5c4c4c6c(cccc6ccc43)-c3ccccc3-5)cc2)cc1. The molecule has 1 heteroatoms. The molecule has 0 bridgehead atoms. The van der Waals surface area contributed by atoms with Crippen molar-refractivity contribution in [2.24, 2.45) is 0 Å². The standard InChI is InChI=1S/C51H33N/c1-2-11-35(12-3-1)48(37-23-20-34(21-24-37)40-25-22-33-10-4-5-13-39(33)32-40)38-26-29-41(30-27-38)52-46-19-9-18-45-43-16-7-6-15-42(43)44-17-8-14-36-28-31-47(52)51(49(36)44)50(45)46/h1-32,48H. The van der Waals surface area contributed by atoms with Gasteiger partial charge in [-0.2, -0.15) is 0 Å². The number of hydrogen-bond acceptors (Lipinski definition) is 0. The lowest BCUT2D eigenvalue weighted by atomic mass is 9.84. The van der Waals surface area contributed by atoms with Gasteiger partial charge in [-0.05, 0) is 102 Å². The molecule has 1 aliphatic rings. The van der Waals surface area contributed by atoms with Crippen molar-refractivity contribution in [2.75, 3.05) is 0 Å². The molecule has 1 aromatic heterocycles. The van der Waals surface area contributed by atoms with E-state index in [2.05, 4.69) is 199 Å². The topological polar surface area (TPSA) is 4.93 Å². The summed E-state index contributed by atoms with van der Waals surface area (Å²) in [4.78, 5) is 0. The maximum absolute atomic E-state index is 2.47. The van der Waals surface area contributed by atoms with Crippen LogP contribution in [0.1, 0.15) is 22.6 Å². The highest BCUT2D eigenvalue weighted by molar-refractivity contribution is 6.30. The molecule has 1 unspecified atom stereocenters. The summed E-state index contributed by atoms with van der Waals surface area (Å²) in [5.41, 5.74) is 15.2. The second kappa shape index (κ2) is 11.4. The predicted molar refractivity (Wildman–Crippen MR) is 219 cm³/mol. The molecule has 0 saturated carbocycles. The molecule has 0 spiro atoms. The van der Waals surface area contributed by atoms with E-state index in [-0.39, 0.29) is 5.92 Å². The third-order valence-electron chi connectivity index (χ3n) is 11.2. The van der Waals surface area contributed by atoms with Crippen molar-refractivity contribution < 1.29 is 0 Å². The van der Waals surface area contributed by atoms with Crippen LogP contribution in [0.5, 0.6) is 0 Å². The zero-order chi connectivity index (χ0) is 34.2. The van der Waals surface area contributed by atoms with E-state index in [1.165, 1.54) is 99.1 Å². The predicted octanol–water partition coefficient (Wildman–Crippen LogP) is 13.6. The van der Waals surface area contributed by atoms with Gasteiger partial charge in [0.25, 0.3) is 0 Å². The molecule has 0 N–H and O–H groups in total. The van der Waals surface area contributed by atoms with Gasteiger partial charge in [0.2, 0.25) is 0 Å². The first-order valence-corrected chi connectivity index (χ1v) is 18.1. The van der Waals surface area contributed by atoms with Crippen LogP contribution < -0.4 is 0 Å². The minimum Gasteiger partial charge on any atom is -0.309 e. The number of rotatable bonds is 5. The van der Waals surface area contributed by atoms with Crippen LogP contribution in [0, 0.1) is 0 Å². The molecule has 1 aliphatic carbocycles. The van der Waals surface area contributed by atoms with Crippen molar-refractivity contribution in [1.82, 2.24) is 4.57 Å². The molecule has 11 rings (SSSR count). The van der Waals surface area contributed by atoms with Crippen LogP contribution in [-0.4, -0.2) is 4.57 Å². The molecule has 9 aromatic carbocycles. The normalized spacial score (nSPS) is 12.5. The Labute approximate surface area is 302 Å². The summed E-state index contributed by atoms with van der Waals surface area (Å²) in [6, 6.07) is 71.8. The molecule has 0 fully saturated rings. The van der Waals surface area contributed by atoms with Crippen molar-refractivity contribution in [2.45, 2.75) is 5.92 Å². The number of benzene rings is 9. The maximum Gasteiger partial charge on any atom is 0.0547 e. The zero-order valence-corrected chi connectivity index (χ0v) is 28.5. The number of hydrogen-bond donors (Lipinski definition) is 0. The molecule has 52 heavy (non-hydrogen) atoms. The third-order valence-corrected chi connectivity index (χ3v) is 11.2. The smallest absolute Gasteiger partial charge is 0.0547 e. The van der Waals surface area contributed by atoms with Crippen LogP contribution in [0.2, 0.25) is 0 Å². The van der Waals surface area contributed by atoms with Gasteiger partial charge in [0.1, 0.15) is 0 Å². The van der Waals surface area contributed by atoms with Gasteiger partial charge in [-0.3, -0.25) is 0 Å². The molecule has 10 aromatic rings. The summed E-state index contributed by atoms with van der Waals surface area (Å²) in [6.07, 6.45) is 0. The minimum atomic E-state index is 0.110. The van der Waals surface area contributed by atoms with E-state index in [0.717, 1.165) is 0 Å². The van der Waals surface area contributed by atoms with Crippen LogP contribution in [0.3, 0.4) is 0 Å². The zero-order valence-electron chi connectivity index (χ0n) is 28.5. The molecular weight excluding hydrogens is 627 g/mol. The van der Waals surface area contributed by atoms with Crippen molar-refractivity contribution in [3.8, 4) is 39.1 Å². The van der Waals surface area contributed by atoms with Gasteiger partial charge in [0, 0.05) is 22.4 Å². The first-order valence-electron chi connectivity index (χ1n) is 18.1. The Balaban J connectivity index is 1.05. The fraction of sp³-hybridized carbons (Fsp3) is 0.0196. The van der Waals surface area contributed by atoms with Gasteiger partial charge in [-0.25, -0.2) is 0 Å². The Morgan fingerprint density at radius 2 is 0.846 bits per heavy atom. The summed E-state index contributed by atoms with van der Waals surface area (Å²) in [5, 5.41) is 7.83. The molecule has 0 saturated heterocycles. The lowest BCUT2D eigenvalue weighted by Crippen LogP contribution is -2.04. The fourth-order valence-corrected chi connectivity index (χ4v) is 8.88. The first kappa shape index (κ1) is 29.1. The molecule has 1 atom stereocenters. The van der Waals surface area contributed by atoms with Crippen LogP contribution >= 0.6 is 0 Å². The third kappa shape index (κ3) is 4.36. The molecule has 242 valence electrons. The number of nitrogens with zero attached hydrogens (tertiary/aromatic N) is 1. The highest BCUT2D eigenvalue weighted by Gasteiger charge is 2.25. The van der Waals surface area contributed by atoms with Crippen LogP contribution in [-0.2, 0) is 0 Å². The van der Waals surface area contributed by atoms with Crippen molar-refractivity contribution in [3.05, 3.63) is 211 Å². The van der Waals surface area contributed by atoms with E-state index in [0.29, 0.717) is 0 Å².